The van der Waals surface area contributed by atoms with Gasteiger partial charge in [0.25, 0.3) is 11.8 Å². The van der Waals surface area contributed by atoms with E-state index in [4.69, 9.17) is 15.4 Å². The summed E-state index contributed by atoms with van der Waals surface area (Å²) in [7, 11) is 0. The van der Waals surface area contributed by atoms with E-state index < -0.39 is 42.1 Å². The standard InChI is InChI=1S/C20H21N3O5/c1-11(2)8-16(20(27)28-10-17(24)15(9-21)12(3)22)23-18(25)13-6-4-5-7-14(13)19(23)26/h4-7,11,15-16,22H,8,10H2,1-3H3/t15-,16-/m0/s1. The number of nitrogens with one attached hydrogen (secondary N) is 1. The first-order valence-corrected chi connectivity index (χ1v) is 8.80. The third-order valence-corrected chi connectivity index (χ3v) is 4.34. The molecule has 2 atom stereocenters. The fraction of sp³-hybridized carbons (Fsp3) is 0.400. The molecule has 0 aliphatic carbocycles. The van der Waals surface area contributed by atoms with Gasteiger partial charge >= 0.3 is 5.97 Å². The molecular weight excluding hydrogens is 362 g/mol. The van der Waals surface area contributed by atoms with Gasteiger partial charge in [0.2, 0.25) is 0 Å². The smallest absolute Gasteiger partial charge is 0.329 e. The first-order valence-electron chi connectivity index (χ1n) is 8.80. The number of hydrogen-bond acceptors (Lipinski definition) is 7. The van der Waals surface area contributed by atoms with E-state index in [2.05, 4.69) is 0 Å². The van der Waals surface area contributed by atoms with Crippen LogP contribution in [0.2, 0.25) is 0 Å². The number of carbonyl (C=O) groups is 4. The van der Waals surface area contributed by atoms with Crippen LogP contribution in [-0.2, 0) is 14.3 Å². The molecule has 8 nitrogen and oxygen atoms in total. The number of ether oxygens (including phenoxy) is 1. The number of ketones is 1. The van der Waals surface area contributed by atoms with Crippen molar-refractivity contribution in [2.24, 2.45) is 11.8 Å². The first-order chi connectivity index (χ1) is 13.2. The number of Topliss-reactive ketones (excluding diaryl/α,β-unsaturated/α-hetero) is 1. The molecule has 1 heterocycles. The number of hydrogen-bond donors (Lipinski definition) is 1. The summed E-state index contributed by atoms with van der Waals surface area (Å²) in [5.41, 5.74) is 0.283. The largest absolute Gasteiger partial charge is 0.456 e. The molecule has 0 aromatic heterocycles. The molecule has 0 saturated carbocycles. The molecule has 0 bridgehead atoms. The van der Waals surface area contributed by atoms with Crippen molar-refractivity contribution in [3.05, 3.63) is 35.4 Å². The Morgan fingerprint density at radius 1 is 1.18 bits per heavy atom. The van der Waals surface area contributed by atoms with Crippen molar-refractivity contribution in [3.8, 4) is 6.07 Å². The van der Waals surface area contributed by atoms with Gasteiger partial charge in [-0.05, 0) is 31.4 Å². The zero-order chi connectivity index (χ0) is 21.0. The molecule has 146 valence electrons. The van der Waals surface area contributed by atoms with Gasteiger partial charge in [-0.3, -0.25) is 19.3 Å². The highest BCUT2D eigenvalue weighted by Gasteiger charge is 2.43. The lowest BCUT2D eigenvalue weighted by molar-refractivity contribution is -0.152. The van der Waals surface area contributed by atoms with Crippen LogP contribution in [-0.4, -0.2) is 46.8 Å². The maximum Gasteiger partial charge on any atom is 0.329 e. The number of rotatable bonds is 8. The zero-order valence-electron chi connectivity index (χ0n) is 15.9. The van der Waals surface area contributed by atoms with E-state index in [1.165, 1.54) is 19.1 Å². The van der Waals surface area contributed by atoms with E-state index in [1.54, 1.807) is 18.2 Å². The molecule has 2 rings (SSSR count). The first kappa shape index (κ1) is 21.0. The molecular formula is C20H21N3O5. The molecule has 1 N–H and O–H groups in total. The van der Waals surface area contributed by atoms with Crippen molar-refractivity contribution in [2.75, 3.05) is 6.61 Å². The molecule has 28 heavy (non-hydrogen) atoms. The monoisotopic (exact) mass is 383 g/mol. The third kappa shape index (κ3) is 4.14. The second kappa shape index (κ2) is 8.57. The highest BCUT2D eigenvalue weighted by Crippen LogP contribution is 2.27. The van der Waals surface area contributed by atoms with Crippen LogP contribution in [0.1, 0.15) is 47.9 Å². The Labute approximate surface area is 162 Å². The van der Waals surface area contributed by atoms with Crippen molar-refractivity contribution in [3.63, 3.8) is 0 Å². The van der Waals surface area contributed by atoms with Crippen molar-refractivity contribution in [1.29, 1.82) is 10.7 Å². The van der Waals surface area contributed by atoms with E-state index in [9.17, 15) is 19.2 Å². The number of nitriles is 1. The minimum Gasteiger partial charge on any atom is -0.456 e. The van der Waals surface area contributed by atoms with Crippen LogP contribution >= 0.6 is 0 Å². The Hall–Kier alpha value is -3.34. The lowest BCUT2D eigenvalue weighted by atomic mass is 10.0. The minimum absolute atomic E-state index is 0.0340. The average molecular weight is 383 g/mol. The number of imide groups is 1. The lowest BCUT2D eigenvalue weighted by Gasteiger charge is -2.26. The second-order valence-electron chi connectivity index (χ2n) is 6.99. The van der Waals surface area contributed by atoms with Gasteiger partial charge in [0.1, 0.15) is 12.0 Å². The fourth-order valence-corrected chi connectivity index (χ4v) is 2.98. The van der Waals surface area contributed by atoms with E-state index in [0.717, 1.165) is 4.90 Å². The summed E-state index contributed by atoms with van der Waals surface area (Å²) >= 11 is 0. The molecule has 1 aromatic carbocycles. The number of amides is 2. The normalized spacial score (nSPS) is 15.0. The number of fused-ring (bicyclic) bond motifs is 1. The maximum absolute atomic E-state index is 12.7. The minimum atomic E-state index is -1.30. The molecule has 0 fully saturated rings. The Morgan fingerprint density at radius 3 is 2.14 bits per heavy atom. The summed E-state index contributed by atoms with van der Waals surface area (Å²) in [6.45, 7) is 4.26. The van der Waals surface area contributed by atoms with Crippen molar-refractivity contribution >= 4 is 29.3 Å². The number of benzene rings is 1. The molecule has 1 aliphatic rings. The molecule has 1 aromatic rings. The van der Waals surface area contributed by atoms with Crippen LogP contribution < -0.4 is 0 Å². The van der Waals surface area contributed by atoms with Gasteiger partial charge in [0.15, 0.2) is 12.4 Å². The molecule has 1 aliphatic heterocycles. The average Bonchev–Trinajstić information content (AvgIpc) is 2.89. The topological polar surface area (TPSA) is 128 Å². The Bertz CT molecular complexity index is 849. The van der Waals surface area contributed by atoms with Gasteiger partial charge in [-0.1, -0.05) is 26.0 Å². The number of carbonyl (C=O) groups excluding carboxylic acids is 4. The Kier molecular flexibility index (Phi) is 6.41. The molecule has 0 unspecified atom stereocenters. The summed E-state index contributed by atoms with van der Waals surface area (Å²) in [4.78, 5) is 50.9. The quantitative estimate of drug-likeness (QED) is 0.415. The van der Waals surface area contributed by atoms with Crippen LogP contribution in [0.4, 0.5) is 0 Å². The molecule has 0 radical (unpaired) electrons. The molecule has 8 heteroatoms. The summed E-state index contributed by atoms with van der Waals surface area (Å²) < 4.78 is 5.03. The maximum atomic E-state index is 12.7. The van der Waals surface area contributed by atoms with Crippen LogP contribution in [0.25, 0.3) is 0 Å². The van der Waals surface area contributed by atoms with Crippen molar-refractivity contribution in [2.45, 2.75) is 33.2 Å². The van der Waals surface area contributed by atoms with Gasteiger partial charge in [-0.25, -0.2) is 4.79 Å². The summed E-state index contributed by atoms with van der Waals surface area (Å²) in [5.74, 6) is -4.12. The third-order valence-electron chi connectivity index (χ3n) is 4.34. The molecule has 2 amide bonds. The van der Waals surface area contributed by atoms with Crippen LogP contribution in [0, 0.1) is 28.6 Å². The van der Waals surface area contributed by atoms with Gasteiger partial charge < -0.3 is 10.1 Å². The van der Waals surface area contributed by atoms with E-state index in [-0.39, 0.29) is 29.2 Å². The highest BCUT2D eigenvalue weighted by molar-refractivity contribution is 6.22. The van der Waals surface area contributed by atoms with Gasteiger partial charge in [0.05, 0.1) is 17.2 Å². The summed E-state index contributed by atoms with van der Waals surface area (Å²) in [6, 6.07) is 6.79. The zero-order valence-corrected chi connectivity index (χ0v) is 15.9. The fourth-order valence-electron chi connectivity index (χ4n) is 2.98. The van der Waals surface area contributed by atoms with Crippen LogP contribution in [0.5, 0.6) is 0 Å². The Balaban J connectivity index is 2.21. The predicted molar refractivity (Wildman–Crippen MR) is 98.7 cm³/mol. The summed E-state index contributed by atoms with van der Waals surface area (Å²) in [6.07, 6.45) is 0.170. The lowest BCUT2D eigenvalue weighted by Crippen LogP contribution is -2.47. The van der Waals surface area contributed by atoms with Gasteiger partial charge in [-0.15, -0.1) is 0 Å². The Morgan fingerprint density at radius 2 is 1.71 bits per heavy atom. The van der Waals surface area contributed by atoms with Crippen molar-refractivity contribution in [1.82, 2.24) is 4.90 Å². The predicted octanol–water partition coefficient (Wildman–Crippen LogP) is 1.99. The molecule has 0 saturated heterocycles. The highest BCUT2D eigenvalue weighted by atomic mass is 16.5. The van der Waals surface area contributed by atoms with Crippen molar-refractivity contribution < 1.29 is 23.9 Å². The number of nitrogens with zero attached hydrogens (tertiary/aromatic N) is 2. The van der Waals surface area contributed by atoms with E-state index in [0.29, 0.717) is 0 Å². The van der Waals surface area contributed by atoms with Gasteiger partial charge in [0, 0.05) is 5.71 Å². The van der Waals surface area contributed by atoms with Crippen LogP contribution in [0.3, 0.4) is 0 Å². The SMILES string of the molecule is CC(=N)[C@H](C#N)C(=O)COC(=O)[C@H](CC(C)C)N1C(=O)c2ccccc2C1=O. The van der Waals surface area contributed by atoms with E-state index in [1.807, 2.05) is 13.8 Å². The number of esters is 1. The van der Waals surface area contributed by atoms with Gasteiger partial charge in [-0.2, -0.15) is 5.26 Å². The molecule has 0 spiro atoms. The summed E-state index contributed by atoms with van der Waals surface area (Å²) in [5, 5.41) is 16.4. The van der Waals surface area contributed by atoms with Crippen LogP contribution in [0.15, 0.2) is 24.3 Å². The second-order valence-corrected chi connectivity index (χ2v) is 6.99. The van der Waals surface area contributed by atoms with E-state index >= 15 is 0 Å².